The molecule has 0 fully saturated rings. The molecule has 0 bridgehead atoms. The highest BCUT2D eigenvalue weighted by Gasteiger charge is 2.16. The lowest BCUT2D eigenvalue weighted by Gasteiger charge is -2.18. The largest absolute Gasteiger partial charge is 0.336 e. The molecule has 4 nitrogen and oxygen atoms in total. The summed E-state index contributed by atoms with van der Waals surface area (Å²) in [5.41, 5.74) is 1.68. The van der Waals surface area contributed by atoms with Crippen molar-refractivity contribution >= 4 is 37.8 Å². The summed E-state index contributed by atoms with van der Waals surface area (Å²) >= 11 is 6.84. The number of aryl methyl sites for hydroxylation is 1. The minimum atomic E-state index is -0.00625. The van der Waals surface area contributed by atoms with Crippen molar-refractivity contribution in [3.63, 3.8) is 0 Å². The number of hydrogen-bond donors (Lipinski definition) is 0. The van der Waals surface area contributed by atoms with E-state index in [1.54, 1.807) is 18.1 Å². The van der Waals surface area contributed by atoms with Crippen LogP contribution in [0.15, 0.2) is 39.4 Å². The van der Waals surface area contributed by atoms with Crippen LogP contribution in [0.3, 0.4) is 0 Å². The van der Waals surface area contributed by atoms with Gasteiger partial charge in [0.25, 0.3) is 5.91 Å². The predicted molar refractivity (Wildman–Crippen MR) is 85.5 cm³/mol. The van der Waals surface area contributed by atoms with Gasteiger partial charge in [0.05, 0.1) is 22.9 Å². The van der Waals surface area contributed by atoms with Gasteiger partial charge in [-0.15, -0.1) is 0 Å². The number of carbonyl (C=O) groups excluding carboxylic acids is 1. The lowest BCUT2D eigenvalue weighted by atomic mass is 10.2. The highest BCUT2D eigenvalue weighted by atomic mass is 79.9. The van der Waals surface area contributed by atoms with Gasteiger partial charge in [-0.1, -0.05) is 15.9 Å². The third-order valence-corrected chi connectivity index (χ3v) is 4.21. The fourth-order valence-corrected chi connectivity index (χ4v) is 2.61. The smallest absolute Gasteiger partial charge is 0.253 e. The zero-order valence-corrected chi connectivity index (χ0v) is 14.5. The molecule has 20 heavy (non-hydrogen) atoms. The summed E-state index contributed by atoms with van der Waals surface area (Å²) in [5.74, 6) is -0.00625. The molecule has 1 amide bonds. The Morgan fingerprint density at radius 1 is 1.30 bits per heavy atom. The molecular weight excluding hydrogens is 386 g/mol. The molecule has 106 valence electrons. The maximum absolute atomic E-state index is 12.4. The van der Waals surface area contributed by atoms with E-state index in [4.69, 9.17) is 0 Å². The van der Waals surface area contributed by atoms with E-state index in [1.807, 2.05) is 35.9 Å². The molecule has 0 aliphatic carbocycles. The molecule has 0 spiro atoms. The Morgan fingerprint density at radius 2 is 1.95 bits per heavy atom. The van der Waals surface area contributed by atoms with Gasteiger partial charge in [0.2, 0.25) is 0 Å². The Hall–Kier alpha value is -1.14. The van der Waals surface area contributed by atoms with Crippen LogP contribution in [0.1, 0.15) is 23.0 Å². The van der Waals surface area contributed by atoms with E-state index >= 15 is 0 Å². The van der Waals surface area contributed by atoms with E-state index in [-0.39, 0.29) is 5.91 Å². The molecule has 0 unspecified atom stereocenters. The van der Waals surface area contributed by atoms with Crippen molar-refractivity contribution in [2.45, 2.75) is 20.0 Å². The predicted octanol–water partition coefficient (Wildman–Crippen LogP) is 3.70. The summed E-state index contributed by atoms with van der Waals surface area (Å²) < 4.78 is 3.77. The van der Waals surface area contributed by atoms with Gasteiger partial charge in [0.1, 0.15) is 0 Å². The first-order chi connectivity index (χ1) is 9.52. The number of carbonyl (C=O) groups is 1. The lowest BCUT2D eigenvalue weighted by Crippen LogP contribution is -2.27. The Labute approximate surface area is 135 Å². The Kier molecular flexibility index (Phi) is 4.99. The van der Waals surface area contributed by atoms with Gasteiger partial charge in [-0.05, 0) is 47.1 Å². The summed E-state index contributed by atoms with van der Waals surface area (Å²) in [6, 6.07) is 7.37. The van der Waals surface area contributed by atoms with Crippen molar-refractivity contribution in [2.24, 2.45) is 0 Å². The van der Waals surface area contributed by atoms with Gasteiger partial charge in [0.15, 0.2) is 0 Å². The van der Waals surface area contributed by atoms with Crippen molar-refractivity contribution in [2.75, 3.05) is 7.05 Å². The average Bonchev–Trinajstić information content (AvgIpc) is 2.79. The van der Waals surface area contributed by atoms with Crippen LogP contribution in [0, 0.1) is 0 Å². The molecule has 1 heterocycles. The molecule has 1 aromatic heterocycles. The van der Waals surface area contributed by atoms with E-state index in [0.29, 0.717) is 12.1 Å². The molecule has 0 N–H and O–H groups in total. The maximum atomic E-state index is 12.4. The number of rotatable bonds is 4. The minimum Gasteiger partial charge on any atom is -0.336 e. The molecular formula is C14H15Br2N3O. The second-order valence-electron chi connectivity index (χ2n) is 4.42. The molecule has 0 saturated carbocycles. The molecule has 2 rings (SSSR count). The van der Waals surface area contributed by atoms with Crippen LogP contribution in [0.4, 0.5) is 0 Å². The normalized spacial score (nSPS) is 10.6. The van der Waals surface area contributed by atoms with Crippen molar-refractivity contribution in [3.05, 3.63) is 50.7 Å². The van der Waals surface area contributed by atoms with E-state index in [1.165, 1.54) is 0 Å². The SMILES string of the molecule is CCn1ncc(Br)c1CN(C)C(=O)c1ccc(Br)cc1. The van der Waals surface area contributed by atoms with Gasteiger partial charge in [-0.3, -0.25) is 9.48 Å². The molecule has 1 aromatic carbocycles. The summed E-state index contributed by atoms with van der Waals surface area (Å²) in [5, 5.41) is 4.26. The van der Waals surface area contributed by atoms with Crippen LogP contribution < -0.4 is 0 Å². The second-order valence-corrected chi connectivity index (χ2v) is 6.19. The Balaban J connectivity index is 2.15. The van der Waals surface area contributed by atoms with Crippen LogP contribution in [0.2, 0.25) is 0 Å². The monoisotopic (exact) mass is 399 g/mol. The number of nitrogens with zero attached hydrogens (tertiary/aromatic N) is 3. The first-order valence-electron chi connectivity index (χ1n) is 6.24. The van der Waals surface area contributed by atoms with Crippen LogP contribution in [-0.2, 0) is 13.1 Å². The summed E-state index contributed by atoms with van der Waals surface area (Å²) in [6.07, 6.45) is 1.76. The number of aromatic nitrogens is 2. The third kappa shape index (κ3) is 3.30. The van der Waals surface area contributed by atoms with Crippen molar-refractivity contribution in [3.8, 4) is 0 Å². The Bertz CT molecular complexity index is 607. The van der Waals surface area contributed by atoms with Crippen LogP contribution in [0.25, 0.3) is 0 Å². The number of amides is 1. The molecule has 0 aliphatic heterocycles. The van der Waals surface area contributed by atoms with Gasteiger partial charge < -0.3 is 4.90 Å². The van der Waals surface area contributed by atoms with E-state index in [9.17, 15) is 4.79 Å². The highest BCUT2D eigenvalue weighted by molar-refractivity contribution is 9.10. The molecule has 2 aromatic rings. The number of benzene rings is 1. The Morgan fingerprint density at radius 3 is 2.55 bits per heavy atom. The molecule has 0 radical (unpaired) electrons. The average molecular weight is 401 g/mol. The first kappa shape index (κ1) is 15.3. The van der Waals surface area contributed by atoms with Gasteiger partial charge in [-0.2, -0.15) is 5.10 Å². The topological polar surface area (TPSA) is 38.1 Å². The van der Waals surface area contributed by atoms with Crippen molar-refractivity contribution in [1.82, 2.24) is 14.7 Å². The van der Waals surface area contributed by atoms with E-state index < -0.39 is 0 Å². The number of halogens is 2. The van der Waals surface area contributed by atoms with E-state index in [2.05, 4.69) is 37.0 Å². The van der Waals surface area contributed by atoms with Crippen LogP contribution >= 0.6 is 31.9 Å². The fraction of sp³-hybridized carbons (Fsp3) is 0.286. The summed E-state index contributed by atoms with van der Waals surface area (Å²) in [6.45, 7) is 3.32. The summed E-state index contributed by atoms with van der Waals surface area (Å²) in [7, 11) is 1.80. The van der Waals surface area contributed by atoms with Gasteiger partial charge >= 0.3 is 0 Å². The number of hydrogen-bond acceptors (Lipinski definition) is 2. The van der Waals surface area contributed by atoms with Gasteiger partial charge in [-0.25, -0.2) is 0 Å². The standard InChI is InChI=1S/C14H15Br2N3O/c1-3-19-13(12(16)8-17-19)9-18(2)14(20)10-4-6-11(15)7-5-10/h4-8H,3,9H2,1-2H3. The second kappa shape index (κ2) is 6.54. The molecule has 0 aliphatic rings. The molecule has 0 saturated heterocycles. The quantitative estimate of drug-likeness (QED) is 0.784. The van der Waals surface area contributed by atoms with Crippen molar-refractivity contribution in [1.29, 1.82) is 0 Å². The maximum Gasteiger partial charge on any atom is 0.253 e. The fourth-order valence-electron chi connectivity index (χ4n) is 1.93. The van der Waals surface area contributed by atoms with Crippen LogP contribution in [0.5, 0.6) is 0 Å². The van der Waals surface area contributed by atoms with Gasteiger partial charge in [0, 0.05) is 23.6 Å². The zero-order chi connectivity index (χ0) is 14.7. The summed E-state index contributed by atoms with van der Waals surface area (Å²) in [4.78, 5) is 14.1. The minimum absolute atomic E-state index is 0.00625. The van der Waals surface area contributed by atoms with E-state index in [0.717, 1.165) is 21.2 Å². The highest BCUT2D eigenvalue weighted by Crippen LogP contribution is 2.19. The zero-order valence-electron chi connectivity index (χ0n) is 11.3. The lowest BCUT2D eigenvalue weighted by molar-refractivity contribution is 0.0781. The van der Waals surface area contributed by atoms with Crippen LogP contribution in [-0.4, -0.2) is 27.6 Å². The molecule has 6 heteroatoms. The third-order valence-electron chi connectivity index (χ3n) is 3.02. The van der Waals surface area contributed by atoms with Crippen molar-refractivity contribution < 1.29 is 4.79 Å². The first-order valence-corrected chi connectivity index (χ1v) is 7.82. The molecule has 0 atom stereocenters.